The predicted molar refractivity (Wildman–Crippen MR) is 84.6 cm³/mol. The molecule has 2 N–H and O–H groups in total. The lowest BCUT2D eigenvalue weighted by atomic mass is 10.1. The number of nitrogen functional groups attached to an aromatic ring is 1. The molecule has 0 amide bonds. The third-order valence-electron chi connectivity index (χ3n) is 3.39. The molecule has 0 aliphatic rings. The number of rotatable bonds is 3. The third-order valence-corrected chi connectivity index (χ3v) is 3.65. The number of fused-ring (bicyclic) bond motifs is 1. The number of aromatic nitrogens is 1. The molecule has 0 unspecified atom stereocenters. The zero-order valence-corrected chi connectivity index (χ0v) is 12.8. The number of carbonyl (C=O) groups excluding carboxylic acids is 1. The van der Waals surface area contributed by atoms with Gasteiger partial charge in [-0.15, -0.1) is 0 Å². The molecule has 1 aromatic carbocycles. The number of ether oxygens (including phenoxy) is 1. The first-order valence-corrected chi connectivity index (χ1v) is 6.93. The molecule has 2 heterocycles. The minimum absolute atomic E-state index is 0.0705. The third kappa shape index (κ3) is 2.29. The molecule has 5 nitrogen and oxygen atoms in total. The second-order valence-corrected chi connectivity index (χ2v) is 5.28. The van der Waals surface area contributed by atoms with Crippen molar-refractivity contribution in [3.63, 3.8) is 0 Å². The minimum atomic E-state index is -0.314. The number of furan rings is 1. The van der Waals surface area contributed by atoms with Crippen LogP contribution in [0.1, 0.15) is 21.7 Å². The van der Waals surface area contributed by atoms with Crippen LogP contribution in [-0.4, -0.2) is 17.9 Å². The summed E-state index contributed by atoms with van der Waals surface area (Å²) in [5.74, 6) is 0.163. The molecule has 0 fully saturated rings. The summed E-state index contributed by atoms with van der Waals surface area (Å²) >= 11 is 5.83. The highest BCUT2D eigenvalue weighted by Gasteiger charge is 2.22. The number of anilines is 1. The van der Waals surface area contributed by atoms with Gasteiger partial charge in [-0.1, -0.05) is 11.6 Å². The number of methoxy groups -OCH3 is 1. The largest absolute Gasteiger partial charge is 0.481 e. The fourth-order valence-corrected chi connectivity index (χ4v) is 2.41. The van der Waals surface area contributed by atoms with Gasteiger partial charge < -0.3 is 14.9 Å². The average Bonchev–Trinajstić information content (AvgIpc) is 2.84. The summed E-state index contributed by atoms with van der Waals surface area (Å²) < 4.78 is 10.7. The molecule has 112 valence electrons. The SMILES string of the molecule is COc1cc(C)c2c(N)c(C(=O)c3ccc(Cl)cc3)oc2n1. The molecule has 0 aliphatic heterocycles. The van der Waals surface area contributed by atoms with Gasteiger partial charge in [-0.25, -0.2) is 0 Å². The van der Waals surface area contributed by atoms with Crippen LogP contribution in [0.15, 0.2) is 34.7 Å². The number of hydrogen-bond donors (Lipinski definition) is 1. The van der Waals surface area contributed by atoms with Crippen LogP contribution in [0.4, 0.5) is 5.69 Å². The summed E-state index contributed by atoms with van der Waals surface area (Å²) in [5, 5.41) is 1.18. The van der Waals surface area contributed by atoms with E-state index in [0.29, 0.717) is 21.9 Å². The summed E-state index contributed by atoms with van der Waals surface area (Å²) in [6, 6.07) is 8.27. The Morgan fingerprint density at radius 2 is 2.00 bits per heavy atom. The van der Waals surface area contributed by atoms with Crippen molar-refractivity contribution in [3.05, 3.63) is 52.2 Å². The molecule has 0 spiro atoms. The molecule has 6 heteroatoms. The van der Waals surface area contributed by atoms with Crippen molar-refractivity contribution in [1.29, 1.82) is 0 Å². The number of nitrogens with zero attached hydrogens (tertiary/aromatic N) is 1. The van der Waals surface area contributed by atoms with Crippen molar-refractivity contribution in [1.82, 2.24) is 4.98 Å². The van der Waals surface area contributed by atoms with E-state index in [0.717, 1.165) is 5.56 Å². The van der Waals surface area contributed by atoms with E-state index in [2.05, 4.69) is 4.98 Å². The van der Waals surface area contributed by atoms with E-state index in [4.69, 9.17) is 26.5 Å². The summed E-state index contributed by atoms with van der Waals surface area (Å²) in [6.07, 6.45) is 0. The Morgan fingerprint density at radius 3 is 2.64 bits per heavy atom. The predicted octanol–water partition coefficient (Wildman–Crippen LogP) is 3.61. The van der Waals surface area contributed by atoms with E-state index >= 15 is 0 Å². The zero-order valence-electron chi connectivity index (χ0n) is 12.0. The van der Waals surface area contributed by atoms with Crippen molar-refractivity contribution in [2.45, 2.75) is 6.92 Å². The highest BCUT2D eigenvalue weighted by molar-refractivity contribution is 6.30. The van der Waals surface area contributed by atoms with Crippen molar-refractivity contribution in [2.75, 3.05) is 12.8 Å². The fraction of sp³-hybridized carbons (Fsp3) is 0.125. The second kappa shape index (κ2) is 5.35. The van der Waals surface area contributed by atoms with Crippen LogP contribution >= 0.6 is 11.6 Å². The lowest BCUT2D eigenvalue weighted by Gasteiger charge is -2.00. The molecule has 2 aromatic heterocycles. The summed E-state index contributed by atoms with van der Waals surface area (Å²) in [5.41, 5.74) is 7.92. The van der Waals surface area contributed by atoms with Gasteiger partial charge in [-0.3, -0.25) is 4.79 Å². The molecular weight excluding hydrogens is 304 g/mol. The van der Waals surface area contributed by atoms with Crippen LogP contribution in [0, 0.1) is 6.92 Å². The van der Waals surface area contributed by atoms with E-state index in [1.807, 2.05) is 6.92 Å². The highest BCUT2D eigenvalue weighted by atomic mass is 35.5. The molecule has 0 saturated heterocycles. The topological polar surface area (TPSA) is 78.4 Å². The Hall–Kier alpha value is -2.53. The fourth-order valence-electron chi connectivity index (χ4n) is 2.29. The van der Waals surface area contributed by atoms with Crippen molar-refractivity contribution >= 4 is 34.2 Å². The van der Waals surface area contributed by atoms with Crippen molar-refractivity contribution in [3.8, 4) is 5.88 Å². The molecule has 0 radical (unpaired) electrons. The molecule has 0 saturated carbocycles. The Balaban J connectivity index is 2.15. The monoisotopic (exact) mass is 316 g/mol. The summed E-state index contributed by atoms with van der Waals surface area (Å²) in [4.78, 5) is 16.7. The first-order valence-electron chi connectivity index (χ1n) is 6.55. The minimum Gasteiger partial charge on any atom is -0.481 e. The maximum Gasteiger partial charge on any atom is 0.232 e. The smallest absolute Gasteiger partial charge is 0.232 e. The van der Waals surface area contributed by atoms with E-state index < -0.39 is 0 Å². The number of pyridine rings is 1. The first kappa shape index (κ1) is 14.4. The number of carbonyl (C=O) groups is 1. The highest BCUT2D eigenvalue weighted by Crippen LogP contribution is 2.33. The van der Waals surface area contributed by atoms with E-state index in [1.165, 1.54) is 7.11 Å². The molecular formula is C16H13ClN2O3. The maximum absolute atomic E-state index is 12.5. The van der Waals surface area contributed by atoms with E-state index in [-0.39, 0.29) is 22.9 Å². The number of aryl methyl sites for hydroxylation is 1. The average molecular weight is 317 g/mol. The lowest BCUT2D eigenvalue weighted by Crippen LogP contribution is -2.02. The Labute approximate surface area is 131 Å². The molecule has 22 heavy (non-hydrogen) atoms. The Morgan fingerprint density at radius 1 is 1.32 bits per heavy atom. The Kier molecular flexibility index (Phi) is 3.50. The normalized spacial score (nSPS) is 10.9. The number of ketones is 1. The number of halogens is 1. The summed E-state index contributed by atoms with van der Waals surface area (Å²) in [7, 11) is 1.51. The van der Waals surface area contributed by atoms with Crippen LogP contribution in [0.3, 0.4) is 0 Å². The van der Waals surface area contributed by atoms with Gasteiger partial charge in [0.2, 0.25) is 23.1 Å². The molecule has 0 bridgehead atoms. The first-order chi connectivity index (χ1) is 10.5. The standard InChI is InChI=1S/C16H13ClN2O3/c1-8-7-11(21-2)19-16-12(8)13(18)15(22-16)14(20)9-3-5-10(17)6-4-9/h3-7H,18H2,1-2H3. The molecule has 0 atom stereocenters. The Bertz CT molecular complexity index is 869. The molecule has 0 aliphatic carbocycles. The number of hydrogen-bond acceptors (Lipinski definition) is 5. The molecule has 3 aromatic rings. The van der Waals surface area contributed by atoms with Gasteiger partial charge in [-0.2, -0.15) is 4.98 Å². The quantitative estimate of drug-likeness (QED) is 0.747. The van der Waals surface area contributed by atoms with Gasteiger partial charge in [-0.05, 0) is 36.8 Å². The van der Waals surface area contributed by atoms with Gasteiger partial charge in [0, 0.05) is 16.7 Å². The van der Waals surface area contributed by atoms with Gasteiger partial charge in [0.15, 0.2) is 0 Å². The van der Waals surface area contributed by atoms with Crippen LogP contribution in [0.5, 0.6) is 5.88 Å². The van der Waals surface area contributed by atoms with Crippen LogP contribution in [0.25, 0.3) is 11.1 Å². The number of benzene rings is 1. The van der Waals surface area contributed by atoms with Gasteiger partial charge >= 0.3 is 0 Å². The van der Waals surface area contributed by atoms with Gasteiger partial charge in [0.05, 0.1) is 18.2 Å². The van der Waals surface area contributed by atoms with Crippen molar-refractivity contribution < 1.29 is 13.9 Å². The second-order valence-electron chi connectivity index (χ2n) is 4.84. The molecule has 3 rings (SSSR count). The van der Waals surface area contributed by atoms with Gasteiger partial charge in [0.1, 0.15) is 0 Å². The maximum atomic E-state index is 12.5. The van der Waals surface area contributed by atoms with Gasteiger partial charge in [0.25, 0.3) is 0 Å². The lowest BCUT2D eigenvalue weighted by molar-refractivity contribution is 0.101. The van der Waals surface area contributed by atoms with Crippen LogP contribution < -0.4 is 10.5 Å². The van der Waals surface area contributed by atoms with E-state index in [1.54, 1.807) is 30.3 Å². The van der Waals surface area contributed by atoms with Crippen LogP contribution in [-0.2, 0) is 0 Å². The zero-order chi connectivity index (χ0) is 15.9. The van der Waals surface area contributed by atoms with Crippen LogP contribution in [0.2, 0.25) is 5.02 Å². The van der Waals surface area contributed by atoms with Crippen molar-refractivity contribution in [2.24, 2.45) is 0 Å². The number of nitrogens with two attached hydrogens (primary N) is 1. The summed E-state index contributed by atoms with van der Waals surface area (Å²) in [6.45, 7) is 1.86. The van der Waals surface area contributed by atoms with E-state index in [9.17, 15) is 4.79 Å².